The first kappa shape index (κ1) is 20.7. The van der Waals surface area contributed by atoms with Gasteiger partial charge in [0.05, 0.1) is 18.6 Å². The lowest BCUT2D eigenvalue weighted by Crippen LogP contribution is -2.27. The number of amides is 1. The highest BCUT2D eigenvalue weighted by molar-refractivity contribution is 7.89. The number of carbonyl (C=O) groups excluding carboxylic acids is 1. The van der Waals surface area contributed by atoms with Crippen LogP contribution in [0.25, 0.3) is 0 Å². The third-order valence-electron chi connectivity index (χ3n) is 3.90. The van der Waals surface area contributed by atoms with Crippen LogP contribution in [-0.4, -0.2) is 46.4 Å². The molecule has 2 rings (SSSR count). The molecule has 0 saturated heterocycles. The monoisotopic (exact) mass is 392 g/mol. The van der Waals surface area contributed by atoms with Gasteiger partial charge < -0.3 is 14.8 Å². The van der Waals surface area contributed by atoms with E-state index in [9.17, 15) is 13.2 Å². The molecule has 146 valence electrons. The van der Waals surface area contributed by atoms with E-state index in [0.29, 0.717) is 29.2 Å². The molecule has 2 aromatic rings. The normalized spacial score (nSPS) is 11.3. The summed E-state index contributed by atoms with van der Waals surface area (Å²) < 4.78 is 36.7. The van der Waals surface area contributed by atoms with Crippen molar-refractivity contribution in [2.75, 3.05) is 27.8 Å². The Morgan fingerprint density at radius 2 is 1.81 bits per heavy atom. The van der Waals surface area contributed by atoms with Crippen molar-refractivity contribution >= 4 is 15.9 Å². The molecule has 0 bridgehead atoms. The van der Waals surface area contributed by atoms with E-state index in [0.717, 1.165) is 4.31 Å². The molecule has 1 amide bonds. The van der Waals surface area contributed by atoms with Crippen LogP contribution in [0.1, 0.15) is 22.8 Å². The van der Waals surface area contributed by atoms with Crippen LogP contribution in [0.4, 0.5) is 0 Å². The van der Waals surface area contributed by atoms with Gasteiger partial charge in [-0.3, -0.25) is 4.79 Å². The first-order valence-corrected chi connectivity index (χ1v) is 9.84. The van der Waals surface area contributed by atoms with Gasteiger partial charge in [0, 0.05) is 26.2 Å². The van der Waals surface area contributed by atoms with E-state index in [1.165, 1.54) is 27.3 Å². The third-order valence-corrected chi connectivity index (χ3v) is 5.81. The molecule has 0 atom stereocenters. The van der Waals surface area contributed by atoms with Crippen LogP contribution in [0, 0.1) is 0 Å². The van der Waals surface area contributed by atoms with Gasteiger partial charge in [-0.2, -0.15) is 0 Å². The van der Waals surface area contributed by atoms with Crippen molar-refractivity contribution in [3.05, 3.63) is 53.6 Å². The van der Waals surface area contributed by atoms with Crippen LogP contribution in [0.3, 0.4) is 0 Å². The van der Waals surface area contributed by atoms with E-state index in [-0.39, 0.29) is 17.3 Å². The zero-order valence-corrected chi connectivity index (χ0v) is 16.7. The number of nitrogens with one attached hydrogen (secondary N) is 1. The molecule has 0 aliphatic rings. The Labute approximate surface area is 160 Å². The lowest BCUT2D eigenvalue weighted by molar-refractivity contribution is 0.0950. The summed E-state index contributed by atoms with van der Waals surface area (Å²) in [5.41, 5.74) is 0.903. The number of rotatable bonds is 8. The van der Waals surface area contributed by atoms with Crippen molar-refractivity contribution in [3.63, 3.8) is 0 Å². The fraction of sp³-hybridized carbons (Fsp3) is 0.316. The Kier molecular flexibility index (Phi) is 6.81. The molecule has 0 aliphatic carbocycles. The SMILES string of the molecule is CCOc1ccc(C(=O)NCc2ccccc2S(=O)(=O)N(C)C)cc1OC. The molecule has 8 heteroatoms. The largest absolute Gasteiger partial charge is 0.493 e. The minimum absolute atomic E-state index is 0.0810. The van der Waals surface area contributed by atoms with Gasteiger partial charge in [-0.1, -0.05) is 18.2 Å². The molecule has 0 spiro atoms. The highest BCUT2D eigenvalue weighted by Gasteiger charge is 2.21. The van der Waals surface area contributed by atoms with Crippen LogP contribution in [0.2, 0.25) is 0 Å². The Balaban J connectivity index is 2.20. The topological polar surface area (TPSA) is 84.9 Å². The summed E-state index contributed by atoms with van der Waals surface area (Å²) in [5, 5.41) is 2.75. The Bertz CT molecular complexity index is 910. The van der Waals surface area contributed by atoms with Crippen LogP contribution in [0.5, 0.6) is 11.5 Å². The summed E-state index contributed by atoms with van der Waals surface area (Å²) in [6.07, 6.45) is 0. The van der Waals surface area contributed by atoms with Crippen molar-refractivity contribution in [1.82, 2.24) is 9.62 Å². The average Bonchev–Trinajstić information content (AvgIpc) is 2.66. The number of benzene rings is 2. The smallest absolute Gasteiger partial charge is 0.251 e. The van der Waals surface area contributed by atoms with Gasteiger partial charge in [-0.15, -0.1) is 0 Å². The molecule has 0 fully saturated rings. The molecule has 2 aromatic carbocycles. The third kappa shape index (κ3) is 4.78. The quantitative estimate of drug-likeness (QED) is 0.745. The van der Waals surface area contributed by atoms with E-state index < -0.39 is 10.0 Å². The predicted molar refractivity (Wildman–Crippen MR) is 103 cm³/mol. The number of hydrogen-bond acceptors (Lipinski definition) is 5. The van der Waals surface area contributed by atoms with Crippen molar-refractivity contribution in [2.24, 2.45) is 0 Å². The van der Waals surface area contributed by atoms with Crippen molar-refractivity contribution in [3.8, 4) is 11.5 Å². The fourth-order valence-corrected chi connectivity index (χ4v) is 3.57. The molecular weight excluding hydrogens is 368 g/mol. The maximum Gasteiger partial charge on any atom is 0.251 e. The number of nitrogens with zero attached hydrogens (tertiary/aromatic N) is 1. The van der Waals surface area contributed by atoms with Crippen molar-refractivity contribution in [1.29, 1.82) is 0 Å². The second-order valence-corrected chi connectivity index (χ2v) is 8.00. The van der Waals surface area contributed by atoms with Gasteiger partial charge in [0.1, 0.15) is 0 Å². The molecule has 27 heavy (non-hydrogen) atoms. The number of hydrogen-bond donors (Lipinski definition) is 1. The molecule has 0 heterocycles. The zero-order valence-electron chi connectivity index (χ0n) is 15.9. The molecular formula is C19H24N2O5S. The van der Waals surface area contributed by atoms with Gasteiger partial charge >= 0.3 is 0 Å². The Morgan fingerprint density at radius 3 is 2.44 bits per heavy atom. The van der Waals surface area contributed by atoms with E-state index in [4.69, 9.17) is 9.47 Å². The summed E-state index contributed by atoms with van der Waals surface area (Å²) in [5.74, 6) is 0.674. The summed E-state index contributed by atoms with van der Waals surface area (Å²) >= 11 is 0. The van der Waals surface area contributed by atoms with E-state index in [1.807, 2.05) is 6.92 Å². The number of methoxy groups -OCH3 is 1. The molecule has 1 N–H and O–H groups in total. The molecule has 0 aliphatic heterocycles. The first-order valence-electron chi connectivity index (χ1n) is 8.40. The summed E-state index contributed by atoms with van der Waals surface area (Å²) in [6, 6.07) is 11.5. The first-order chi connectivity index (χ1) is 12.8. The maximum absolute atomic E-state index is 12.5. The maximum atomic E-state index is 12.5. The predicted octanol–water partition coefficient (Wildman–Crippen LogP) is 2.27. The number of sulfonamides is 1. The lowest BCUT2D eigenvalue weighted by atomic mass is 10.1. The van der Waals surface area contributed by atoms with Gasteiger partial charge in [-0.05, 0) is 36.8 Å². The molecule has 0 saturated carbocycles. The fourth-order valence-electron chi connectivity index (χ4n) is 2.46. The van der Waals surface area contributed by atoms with Crippen LogP contribution in [0.15, 0.2) is 47.4 Å². The molecule has 7 nitrogen and oxygen atoms in total. The summed E-state index contributed by atoms with van der Waals surface area (Å²) in [7, 11) is 0.843. The van der Waals surface area contributed by atoms with Crippen molar-refractivity contribution < 1.29 is 22.7 Å². The highest BCUT2D eigenvalue weighted by atomic mass is 32.2. The minimum atomic E-state index is -3.60. The standard InChI is InChI=1S/C19H24N2O5S/c1-5-26-16-11-10-14(12-17(16)25-4)19(22)20-13-15-8-6-7-9-18(15)27(23,24)21(2)3/h6-12H,5,13H2,1-4H3,(H,20,22). The molecule has 0 radical (unpaired) electrons. The summed E-state index contributed by atoms with van der Waals surface area (Å²) in [4.78, 5) is 12.6. The second kappa shape index (κ2) is 8.88. The van der Waals surface area contributed by atoms with Gasteiger partial charge in [0.2, 0.25) is 10.0 Å². The Hall–Kier alpha value is -2.58. The molecule has 0 unspecified atom stereocenters. The number of carbonyl (C=O) groups is 1. The summed E-state index contributed by atoms with van der Waals surface area (Å²) in [6.45, 7) is 2.43. The van der Waals surface area contributed by atoms with Crippen LogP contribution < -0.4 is 14.8 Å². The van der Waals surface area contributed by atoms with Gasteiger partial charge in [0.25, 0.3) is 5.91 Å². The van der Waals surface area contributed by atoms with Gasteiger partial charge in [-0.25, -0.2) is 12.7 Å². The van der Waals surface area contributed by atoms with E-state index in [1.54, 1.807) is 36.4 Å². The van der Waals surface area contributed by atoms with Crippen molar-refractivity contribution in [2.45, 2.75) is 18.4 Å². The van der Waals surface area contributed by atoms with E-state index in [2.05, 4.69) is 5.32 Å². The minimum Gasteiger partial charge on any atom is -0.493 e. The second-order valence-electron chi connectivity index (χ2n) is 5.88. The lowest BCUT2D eigenvalue weighted by Gasteiger charge is -2.16. The van der Waals surface area contributed by atoms with E-state index >= 15 is 0 Å². The van der Waals surface area contributed by atoms with Crippen LogP contribution >= 0.6 is 0 Å². The van der Waals surface area contributed by atoms with Gasteiger partial charge in [0.15, 0.2) is 11.5 Å². The Morgan fingerprint density at radius 1 is 1.11 bits per heavy atom. The highest BCUT2D eigenvalue weighted by Crippen LogP contribution is 2.28. The van der Waals surface area contributed by atoms with Crippen LogP contribution in [-0.2, 0) is 16.6 Å². The molecule has 0 aromatic heterocycles. The average molecular weight is 392 g/mol. The number of ether oxygens (including phenoxy) is 2. The zero-order chi connectivity index (χ0) is 20.0.